The highest BCUT2D eigenvalue weighted by Crippen LogP contribution is 2.30. The van der Waals surface area contributed by atoms with Crippen LogP contribution in [0, 0.1) is 6.92 Å². The Morgan fingerprint density at radius 2 is 1.52 bits per heavy atom. The van der Waals surface area contributed by atoms with E-state index in [1.165, 1.54) is 5.56 Å². The van der Waals surface area contributed by atoms with E-state index in [1.54, 1.807) is 0 Å². The van der Waals surface area contributed by atoms with E-state index in [2.05, 4.69) is 35.9 Å². The maximum absolute atomic E-state index is 13.2. The highest BCUT2D eigenvalue weighted by molar-refractivity contribution is 5.99. The fraction of sp³-hybridized carbons (Fsp3) is 0.321. The zero-order valence-electron chi connectivity index (χ0n) is 19.5. The van der Waals surface area contributed by atoms with Gasteiger partial charge in [0, 0.05) is 51.4 Å². The third kappa shape index (κ3) is 4.95. The second-order valence-corrected chi connectivity index (χ2v) is 9.25. The van der Waals surface area contributed by atoms with Gasteiger partial charge < -0.3 is 14.5 Å². The van der Waals surface area contributed by atoms with Crippen LogP contribution in [0.3, 0.4) is 0 Å². The Morgan fingerprint density at radius 1 is 0.818 bits per heavy atom. The Labute approximate surface area is 196 Å². The molecule has 0 aromatic heterocycles. The lowest BCUT2D eigenvalue weighted by atomic mass is 10.00. The lowest BCUT2D eigenvalue weighted by molar-refractivity contribution is 0.0766. The van der Waals surface area contributed by atoms with Crippen molar-refractivity contribution >= 4 is 5.91 Å². The van der Waals surface area contributed by atoms with E-state index in [1.807, 2.05) is 59.5 Å². The standard InChI is InChI=1S/C28H31N3O2/c1-21-16-23(18-30-14-12-29(2)13-15-30)17-24-20-31(28(32)27(21)24)19-22-8-10-26(11-9-22)33-25-6-4-3-5-7-25/h3-11,16-17H,12-15,18-20H2,1-2H3. The number of hydrogen-bond acceptors (Lipinski definition) is 4. The van der Waals surface area contributed by atoms with Crippen LogP contribution in [0.4, 0.5) is 0 Å². The average Bonchev–Trinajstić information content (AvgIpc) is 3.13. The van der Waals surface area contributed by atoms with Crippen LogP contribution in [0.2, 0.25) is 0 Å². The van der Waals surface area contributed by atoms with Gasteiger partial charge in [-0.15, -0.1) is 0 Å². The number of rotatable bonds is 6. The van der Waals surface area contributed by atoms with Gasteiger partial charge in [-0.05, 0) is 60.5 Å². The number of piperazine rings is 1. The Bertz CT molecular complexity index is 1120. The molecule has 3 aromatic rings. The van der Waals surface area contributed by atoms with Crippen LogP contribution in [-0.2, 0) is 19.6 Å². The van der Waals surface area contributed by atoms with Crippen molar-refractivity contribution in [3.05, 3.63) is 94.5 Å². The summed E-state index contributed by atoms with van der Waals surface area (Å²) in [6, 6.07) is 22.2. The predicted octanol–water partition coefficient (Wildman–Crippen LogP) is 4.69. The topological polar surface area (TPSA) is 36.0 Å². The first-order valence-corrected chi connectivity index (χ1v) is 11.7. The van der Waals surface area contributed by atoms with Crippen LogP contribution in [0.25, 0.3) is 0 Å². The highest BCUT2D eigenvalue weighted by Gasteiger charge is 2.29. The number of likely N-dealkylation sites (N-methyl/N-ethyl adjacent to an activating group) is 1. The van der Waals surface area contributed by atoms with Gasteiger partial charge in [0.05, 0.1) is 0 Å². The maximum Gasteiger partial charge on any atom is 0.255 e. The lowest BCUT2D eigenvalue weighted by Crippen LogP contribution is -2.43. The minimum Gasteiger partial charge on any atom is -0.457 e. The molecule has 0 spiro atoms. The number of amides is 1. The van der Waals surface area contributed by atoms with Gasteiger partial charge in [-0.1, -0.05) is 42.5 Å². The third-order valence-electron chi connectivity index (χ3n) is 6.62. The molecule has 1 amide bonds. The molecule has 1 saturated heterocycles. The Hall–Kier alpha value is -3.15. The van der Waals surface area contributed by atoms with Crippen molar-refractivity contribution in [3.8, 4) is 11.5 Å². The van der Waals surface area contributed by atoms with Crippen molar-refractivity contribution in [3.63, 3.8) is 0 Å². The number of para-hydroxylation sites is 1. The first kappa shape index (κ1) is 21.7. The number of aryl methyl sites for hydroxylation is 1. The van der Waals surface area contributed by atoms with Crippen molar-refractivity contribution in [1.82, 2.24) is 14.7 Å². The van der Waals surface area contributed by atoms with Gasteiger partial charge in [0.1, 0.15) is 11.5 Å². The van der Waals surface area contributed by atoms with Crippen LogP contribution in [0.1, 0.15) is 32.6 Å². The van der Waals surface area contributed by atoms with Gasteiger partial charge in [-0.25, -0.2) is 0 Å². The van der Waals surface area contributed by atoms with E-state index < -0.39 is 0 Å². The van der Waals surface area contributed by atoms with E-state index in [-0.39, 0.29) is 5.91 Å². The Morgan fingerprint density at radius 3 is 2.24 bits per heavy atom. The Balaban J connectivity index is 1.24. The SMILES string of the molecule is Cc1cc(CN2CCN(C)CC2)cc2c1C(=O)N(Cc1ccc(Oc3ccccc3)cc1)C2. The van der Waals surface area contributed by atoms with Crippen molar-refractivity contribution in [2.75, 3.05) is 33.2 Å². The van der Waals surface area contributed by atoms with E-state index in [9.17, 15) is 4.79 Å². The van der Waals surface area contributed by atoms with E-state index in [0.29, 0.717) is 13.1 Å². The summed E-state index contributed by atoms with van der Waals surface area (Å²) in [5, 5.41) is 0. The largest absolute Gasteiger partial charge is 0.457 e. The first-order chi connectivity index (χ1) is 16.0. The summed E-state index contributed by atoms with van der Waals surface area (Å²) in [6.07, 6.45) is 0. The number of benzene rings is 3. The molecule has 3 aromatic carbocycles. The van der Waals surface area contributed by atoms with Gasteiger partial charge in [-0.3, -0.25) is 9.69 Å². The molecule has 2 aliphatic heterocycles. The highest BCUT2D eigenvalue weighted by atomic mass is 16.5. The first-order valence-electron chi connectivity index (χ1n) is 11.7. The minimum atomic E-state index is 0.137. The van der Waals surface area contributed by atoms with Crippen molar-refractivity contribution in [2.24, 2.45) is 0 Å². The fourth-order valence-corrected chi connectivity index (χ4v) is 4.80. The molecule has 0 radical (unpaired) electrons. The summed E-state index contributed by atoms with van der Waals surface area (Å²) >= 11 is 0. The molecule has 0 atom stereocenters. The molecule has 1 fully saturated rings. The fourth-order valence-electron chi connectivity index (χ4n) is 4.80. The third-order valence-corrected chi connectivity index (χ3v) is 6.62. The van der Waals surface area contributed by atoms with Crippen LogP contribution >= 0.6 is 0 Å². The second-order valence-electron chi connectivity index (χ2n) is 9.25. The molecular formula is C28H31N3O2. The van der Waals surface area contributed by atoms with Gasteiger partial charge in [0.2, 0.25) is 0 Å². The van der Waals surface area contributed by atoms with Gasteiger partial charge in [0.25, 0.3) is 5.91 Å². The van der Waals surface area contributed by atoms with Gasteiger partial charge >= 0.3 is 0 Å². The normalized spacial score (nSPS) is 16.8. The number of nitrogens with zero attached hydrogens (tertiary/aromatic N) is 3. The van der Waals surface area contributed by atoms with E-state index in [0.717, 1.165) is 66.5 Å². The molecular weight excluding hydrogens is 410 g/mol. The quantitative estimate of drug-likeness (QED) is 0.556. The molecule has 0 aliphatic carbocycles. The molecule has 5 nitrogen and oxygen atoms in total. The zero-order valence-corrected chi connectivity index (χ0v) is 19.5. The monoisotopic (exact) mass is 441 g/mol. The van der Waals surface area contributed by atoms with Gasteiger partial charge in [-0.2, -0.15) is 0 Å². The number of ether oxygens (including phenoxy) is 1. The molecule has 2 heterocycles. The van der Waals surface area contributed by atoms with Crippen molar-refractivity contribution in [1.29, 1.82) is 0 Å². The number of carbonyl (C=O) groups is 1. The molecule has 0 unspecified atom stereocenters. The van der Waals surface area contributed by atoms with Crippen LogP contribution < -0.4 is 4.74 Å². The molecule has 33 heavy (non-hydrogen) atoms. The lowest BCUT2D eigenvalue weighted by Gasteiger charge is -2.32. The molecule has 5 rings (SSSR count). The van der Waals surface area contributed by atoms with E-state index >= 15 is 0 Å². The minimum absolute atomic E-state index is 0.137. The molecule has 0 N–H and O–H groups in total. The molecule has 170 valence electrons. The van der Waals surface area contributed by atoms with Gasteiger partial charge in [0.15, 0.2) is 0 Å². The summed E-state index contributed by atoms with van der Waals surface area (Å²) in [5.74, 6) is 1.75. The molecule has 2 aliphatic rings. The molecule has 0 bridgehead atoms. The maximum atomic E-state index is 13.2. The van der Waals surface area contributed by atoms with Crippen molar-refractivity contribution < 1.29 is 9.53 Å². The summed E-state index contributed by atoms with van der Waals surface area (Å²) in [5.41, 5.74) is 5.56. The summed E-state index contributed by atoms with van der Waals surface area (Å²) in [6.45, 7) is 8.74. The number of hydrogen-bond donors (Lipinski definition) is 0. The summed E-state index contributed by atoms with van der Waals surface area (Å²) < 4.78 is 5.89. The van der Waals surface area contributed by atoms with Crippen molar-refractivity contribution in [2.45, 2.75) is 26.6 Å². The second kappa shape index (κ2) is 9.38. The number of fused-ring (bicyclic) bond motifs is 1. The van der Waals surface area contributed by atoms with E-state index in [4.69, 9.17) is 4.74 Å². The molecule has 5 heteroatoms. The smallest absolute Gasteiger partial charge is 0.255 e. The molecule has 0 saturated carbocycles. The zero-order chi connectivity index (χ0) is 22.8. The van der Waals surface area contributed by atoms with Crippen LogP contribution in [0.5, 0.6) is 11.5 Å². The summed E-state index contributed by atoms with van der Waals surface area (Å²) in [4.78, 5) is 20.0. The predicted molar refractivity (Wildman–Crippen MR) is 130 cm³/mol. The number of carbonyl (C=O) groups excluding carboxylic acids is 1. The summed E-state index contributed by atoms with van der Waals surface area (Å²) in [7, 11) is 2.18. The Kier molecular flexibility index (Phi) is 6.16. The van der Waals surface area contributed by atoms with Crippen LogP contribution in [-0.4, -0.2) is 53.8 Å². The average molecular weight is 442 g/mol. The van der Waals surface area contributed by atoms with Crippen LogP contribution in [0.15, 0.2) is 66.7 Å².